The van der Waals surface area contributed by atoms with Crippen LogP contribution in [0, 0.1) is 0 Å². The van der Waals surface area contributed by atoms with E-state index in [2.05, 4.69) is 34.4 Å². The van der Waals surface area contributed by atoms with Gasteiger partial charge in [0.05, 0.1) is 7.11 Å². The van der Waals surface area contributed by atoms with Crippen molar-refractivity contribution < 1.29 is 9.53 Å². The van der Waals surface area contributed by atoms with Crippen molar-refractivity contribution >= 4 is 17.3 Å². The molecule has 2 heterocycles. The number of rotatable bonds is 4. The molecule has 0 spiro atoms. The molecule has 2 unspecified atom stereocenters. The number of hydrazine groups is 1. The standard InChI is InChI=1S/C22H26N4O2/c1-28-17-4-2-3-15(12-17)24-21-9-10-26(22(21)27)16-6-7-18-14(11-16)5-8-20-19(18)13-23-25-20/h2-4,6-7,11-12,19-21,23-25H,5,8-10,13H2,1H3/t19?,20?,21-/m1/s1. The summed E-state index contributed by atoms with van der Waals surface area (Å²) >= 11 is 0. The molecule has 1 amide bonds. The van der Waals surface area contributed by atoms with Gasteiger partial charge in [0.2, 0.25) is 5.91 Å². The molecule has 0 bridgehead atoms. The highest BCUT2D eigenvalue weighted by molar-refractivity contribution is 6.01. The molecule has 3 aliphatic rings. The van der Waals surface area contributed by atoms with Crippen LogP contribution in [0.25, 0.3) is 0 Å². The van der Waals surface area contributed by atoms with Crippen LogP contribution in [0.3, 0.4) is 0 Å². The lowest BCUT2D eigenvalue weighted by atomic mass is 9.80. The Bertz CT molecular complexity index is 900. The van der Waals surface area contributed by atoms with E-state index in [9.17, 15) is 4.79 Å². The Morgan fingerprint density at radius 2 is 2.11 bits per heavy atom. The number of carbonyl (C=O) groups excluding carboxylic acids is 1. The van der Waals surface area contributed by atoms with Crippen molar-refractivity contribution in [3.8, 4) is 5.75 Å². The Balaban J connectivity index is 1.33. The van der Waals surface area contributed by atoms with Crippen molar-refractivity contribution in [2.45, 2.75) is 37.3 Å². The summed E-state index contributed by atoms with van der Waals surface area (Å²) in [6.45, 7) is 1.72. The lowest BCUT2D eigenvalue weighted by molar-refractivity contribution is -0.117. The van der Waals surface area contributed by atoms with Crippen LogP contribution in [-0.2, 0) is 11.2 Å². The van der Waals surface area contributed by atoms with Gasteiger partial charge in [-0.05, 0) is 54.7 Å². The second-order valence-electron chi connectivity index (χ2n) is 7.87. The third-order valence-electron chi connectivity index (χ3n) is 6.27. The van der Waals surface area contributed by atoms with Crippen LogP contribution in [0.15, 0.2) is 42.5 Å². The highest BCUT2D eigenvalue weighted by Gasteiger charge is 2.35. The molecule has 0 aromatic heterocycles. The average Bonchev–Trinajstić information content (AvgIpc) is 3.35. The number of fused-ring (bicyclic) bond motifs is 3. The van der Waals surface area contributed by atoms with Gasteiger partial charge >= 0.3 is 0 Å². The number of carbonyl (C=O) groups is 1. The number of nitrogens with zero attached hydrogens (tertiary/aromatic N) is 1. The van der Waals surface area contributed by atoms with E-state index in [0.29, 0.717) is 12.0 Å². The summed E-state index contributed by atoms with van der Waals surface area (Å²) in [5.74, 6) is 1.46. The van der Waals surface area contributed by atoms with E-state index < -0.39 is 0 Å². The maximum atomic E-state index is 13.0. The van der Waals surface area contributed by atoms with Crippen LogP contribution >= 0.6 is 0 Å². The third kappa shape index (κ3) is 3.02. The van der Waals surface area contributed by atoms with Crippen LogP contribution in [-0.4, -0.2) is 38.2 Å². The maximum absolute atomic E-state index is 13.0. The van der Waals surface area contributed by atoms with E-state index in [0.717, 1.165) is 49.5 Å². The van der Waals surface area contributed by atoms with E-state index in [1.165, 1.54) is 11.1 Å². The molecule has 2 aromatic carbocycles. The summed E-state index contributed by atoms with van der Waals surface area (Å²) in [5.41, 5.74) is 11.4. The first-order valence-electron chi connectivity index (χ1n) is 10.1. The molecule has 28 heavy (non-hydrogen) atoms. The number of ether oxygens (including phenoxy) is 1. The average molecular weight is 378 g/mol. The van der Waals surface area contributed by atoms with Crippen molar-refractivity contribution in [3.63, 3.8) is 0 Å². The summed E-state index contributed by atoms with van der Waals surface area (Å²) < 4.78 is 5.28. The SMILES string of the molecule is COc1cccc(N[C@@H]2CCN(c3ccc4c(c3)CCC3NNCC43)C2=O)c1. The minimum Gasteiger partial charge on any atom is -0.497 e. The minimum atomic E-state index is -0.198. The lowest BCUT2D eigenvalue weighted by Crippen LogP contribution is -2.34. The molecule has 146 valence electrons. The summed E-state index contributed by atoms with van der Waals surface area (Å²) in [6.07, 6.45) is 3.00. The molecule has 2 aromatic rings. The first-order chi connectivity index (χ1) is 13.7. The van der Waals surface area contributed by atoms with Gasteiger partial charge in [0.15, 0.2) is 0 Å². The normalized spacial score (nSPS) is 26.1. The summed E-state index contributed by atoms with van der Waals surface area (Å²) in [4.78, 5) is 15.0. The predicted octanol–water partition coefficient (Wildman–Crippen LogP) is 2.42. The second kappa shape index (κ2) is 7.11. The van der Waals surface area contributed by atoms with Crippen molar-refractivity contribution in [1.82, 2.24) is 10.9 Å². The quantitative estimate of drug-likeness (QED) is 0.763. The zero-order valence-corrected chi connectivity index (χ0v) is 16.1. The number of nitrogens with one attached hydrogen (secondary N) is 3. The molecule has 2 aliphatic heterocycles. The number of benzene rings is 2. The fraction of sp³-hybridized carbons (Fsp3) is 0.409. The Hall–Kier alpha value is -2.57. The Morgan fingerprint density at radius 3 is 3.00 bits per heavy atom. The monoisotopic (exact) mass is 378 g/mol. The molecule has 3 N–H and O–H groups in total. The molecule has 3 atom stereocenters. The van der Waals surface area contributed by atoms with Crippen LogP contribution in [0.1, 0.15) is 29.9 Å². The molecule has 0 radical (unpaired) electrons. The zero-order chi connectivity index (χ0) is 19.1. The van der Waals surface area contributed by atoms with Crippen LogP contribution in [0.5, 0.6) is 5.75 Å². The Labute approximate surface area is 165 Å². The molecule has 5 rings (SSSR count). The lowest BCUT2D eigenvalue weighted by Gasteiger charge is -2.28. The number of hydrogen-bond donors (Lipinski definition) is 3. The van der Waals surface area contributed by atoms with Gasteiger partial charge in [-0.3, -0.25) is 15.6 Å². The van der Waals surface area contributed by atoms with Gasteiger partial charge in [-0.2, -0.15) is 0 Å². The molecule has 2 fully saturated rings. The van der Waals surface area contributed by atoms with Gasteiger partial charge in [0.1, 0.15) is 11.8 Å². The fourth-order valence-electron chi connectivity index (χ4n) is 4.78. The van der Waals surface area contributed by atoms with E-state index >= 15 is 0 Å². The van der Waals surface area contributed by atoms with Crippen molar-refractivity contribution in [2.24, 2.45) is 0 Å². The van der Waals surface area contributed by atoms with Crippen LogP contribution in [0.2, 0.25) is 0 Å². The molecule has 2 saturated heterocycles. The van der Waals surface area contributed by atoms with Gasteiger partial charge in [-0.15, -0.1) is 0 Å². The maximum Gasteiger partial charge on any atom is 0.249 e. The number of aryl methyl sites for hydroxylation is 1. The van der Waals surface area contributed by atoms with Gasteiger partial charge in [-0.25, -0.2) is 0 Å². The van der Waals surface area contributed by atoms with E-state index in [-0.39, 0.29) is 11.9 Å². The van der Waals surface area contributed by atoms with E-state index in [1.54, 1.807) is 7.11 Å². The predicted molar refractivity (Wildman–Crippen MR) is 110 cm³/mol. The third-order valence-corrected chi connectivity index (χ3v) is 6.27. The van der Waals surface area contributed by atoms with Crippen molar-refractivity contribution in [1.29, 1.82) is 0 Å². The minimum absolute atomic E-state index is 0.139. The highest BCUT2D eigenvalue weighted by Crippen LogP contribution is 2.36. The first-order valence-corrected chi connectivity index (χ1v) is 10.1. The number of anilines is 2. The summed E-state index contributed by atoms with van der Waals surface area (Å²) in [7, 11) is 1.65. The molecule has 6 heteroatoms. The molecular weight excluding hydrogens is 352 g/mol. The van der Waals surface area contributed by atoms with Gasteiger partial charge in [-0.1, -0.05) is 12.1 Å². The van der Waals surface area contributed by atoms with Gasteiger partial charge in [0, 0.05) is 42.5 Å². The molecule has 6 nitrogen and oxygen atoms in total. The fourth-order valence-corrected chi connectivity index (χ4v) is 4.78. The van der Waals surface area contributed by atoms with Crippen molar-refractivity contribution in [3.05, 3.63) is 53.6 Å². The summed E-state index contributed by atoms with van der Waals surface area (Å²) in [6, 6.07) is 14.6. The molecule has 1 aliphatic carbocycles. The van der Waals surface area contributed by atoms with Gasteiger partial charge in [0.25, 0.3) is 0 Å². The summed E-state index contributed by atoms with van der Waals surface area (Å²) in [5, 5.41) is 3.37. The highest BCUT2D eigenvalue weighted by atomic mass is 16.5. The Kier molecular flexibility index (Phi) is 4.45. The van der Waals surface area contributed by atoms with Crippen molar-refractivity contribution in [2.75, 3.05) is 30.4 Å². The van der Waals surface area contributed by atoms with Gasteiger partial charge < -0.3 is 15.0 Å². The first kappa shape index (κ1) is 17.5. The number of amides is 1. The largest absolute Gasteiger partial charge is 0.497 e. The van der Waals surface area contributed by atoms with Crippen LogP contribution in [0.4, 0.5) is 11.4 Å². The smallest absolute Gasteiger partial charge is 0.249 e. The van der Waals surface area contributed by atoms with E-state index in [4.69, 9.17) is 4.74 Å². The molecule has 0 saturated carbocycles. The van der Waals surface area contributed by atoms with Crippen LogP contribution < -0.4 is 25.8 Å². The second-order valence-corrected chi connectivity index (χ2v) is 7.87. The zero-order valence-electron chi connectivity index (χ0n) is 16.1. The molecular formula is C22H26N4O2. The van der Waals surface area contributed by atoms with E-state index in [1.807, 2.05) is 29.2 Å². The topological polar surface area (TPSA) is 65.6 Å². The Morgan fingerprint density at radius 1 is 1.18 bits per heavy atom. The number of methoxy groups -OCH3 is 1. The number of hydrogen-bond acceptors (Lipinski definition) is 5.